The fraction of sp³-hybridized carbons (Fsp3) is 0.375. The molecule has 1 N–H and O–H groups in total. The molecule has 0 radical (unpaired) electrons. The van der Waals surface area contributed by atoms with Crippen LogP contribution in [0.5, 0.6) is 0 Å². The SMILES string of the molecule is Br.CC(C)NC(C)Cc1cccc2ccccc12. The Balaban J connectivity index is 0.00000162. The maximum absolute atomic E-state index is 3.56. The van der Waals surface area contributed by atoms with Crippen molar-refractivity contribution in [2.45, 2.75) is 39.3 Å². The Bertz CT molecular complexity index is 488. The van der Waals surface area contributed by atoms with Crippen molar-refractivity contribution in [2.75, 3.05) is 0 Å². The second kappa shape index (κ2) is 6.91. The lowest BCUT2D eigenvalue weighted by Gasteiger charge is -2.17. The van der Waals surface area contributed by atoms with E-state index in [2.05, 4.69) is 68.6 Å². The smallest absolute Gasteiger partial charge is 0.00817 e. The van der Waals surface area contributed by atoms with Gasteiger partial charge in [0.2, 0.25) is 0 Å². The monoisotopic (exact) mass is 307 g/mol. The molecule has 2 aromatic rings. The normalized spacial score (nSPS) is 12.4. The summed E-state index contributed by atoms with van der Waals surface area (Å²) in [6.45, 7) is 6.64. The van der Waals surface area contributed by atoms with Crippen molar-refractivity contribution in [2.24, 2.45) is 0 Å². The number of hydrogen-bond donors (Lipinski definition) is 1. The quantitative estimate of drug-likeness (QED) is 0.885. The molecule has 0 saturated carbocycles. The molecule has 18 heavy (non-hydrogen) atoms. The average molecular weight is 308 g/mol. The highest BCUT2D eigenvalue weighted by atomic mass is 79.9. The van der Waals surface area contributed by atoms with Gasteiger partial charge in [-0.1, -0.05) is 56.3 Å². The number of halogens is 1. The van der Waals surface area contributed by atoms with Gasteiger partial charge in [0.1, 0.15) is 0 Å². The van der Waals surface area contributed by atoms with Gasteiger partial charge in [-0.05, 0) is 29.7 Å². The highest BCUT2D eigenvalue weighted by molar-refractivity contribution is 8.93. The molecule has 0 aliphatic heterocycles. The van der Waals surface area contributed by atoms with Crippen molar-refractivity contribution in [3.8, 4) is 0 Å². The lowest BCUT2D eigenvalue weighted by Crippen LogP contribution is -2.33. The first-order valence-corrected chi connectivity index (χ1v) is 6.39. The van der Waals surface area contributed by atoms with Crippen LogP contribution in [0.4, 0.5) is 0 Å². The van der Waals surface area contributed by atoms with Crippen molar-refractivity contribution < 1.29 is 0 Å². The summed E-state index contributed by atoms with van der Waals surface area (Å²) in [4.78, 5) is 0. The van der Waals surface area contributed by atoms with E-state index in [1.54, 1.807) is 0 Å². The Morgan fingerprint density at radius 3 is 2.33 bits per heavy atom. The van der Waals surface area contributed by atoms with E-state index in [0.717, 1.165) is 6.42 Å². The molecule has 1 unspecified atom stereocenters. The topological polar surface area (TPSA) is 12.0 Å². The molecule has 0 saturated heterocycles. The molecule has 2 heteroatoms. The first-order valence-electron chi connectivity index (χ1n) is 6.39. The number of hydrogen-bond acceptors (Lipinski definition) is 1. The fourth-order valence-electron chi connectivity index (χ4n) is 2.43. The van der Waals surface area contributed by atoms with Gasteiger partial charge in [0.05, 0.1) is 0 Å². The zero-order valence-corrected chi connectivity index (χ0v) is 13.0. The molecule has 0 bridgehead atoms. The Morgan fingerprint density at radius 1 is 0.944 bits per heavy atom. The molecule has 0 amide bonds. The van der Waals surface area contributed by atoms with Crippen LogP contribution in [0.2, 0.25) is 0 Å². The lowest BCUT2D eigenvalue weighted by molar-refractivity contribution is 0.488. The third-order valence-corrected chi connectivity index (χ3v) is 3.02. The van der Waals surface area contributed by atoms with Crippen LogP contribution in [0.3, 0.4) is 0 Å². The molecular formula is C16H22BrN. The predicted octanol–water partition coefficient (Wildman–Crippen LogP) is 4.35. The fourth-order valence-corrected chi connectivity index (χ4v) is 2.43. The maximum Gasteiger partial charge on any atom is 0.00817 e. The summed E-state index contributed by atoms with van der Waals surface area (Å²) in [6.07, 6.45) is 1.08. The van der Waals surface area contributed by atoms with Crippen LogP contribution in [0.15, 0.2) is 42.5 Å². The van der Waals surface area contributed by atoms with Crippen molar-refractivity contribution in [3.63, 3.8) is 0 Å². The van der Waals surface area contributed by atoms with E-state index < -0.39 is 0 Å². The van der Waals surface area contributed by atoms with Gasteiger partial charge < -0.3 is 5.32 Å². The average Bonchev–Trinajstić information content (AvgIpc) is 2.28. The Hall–Kier alpha value is -0.860. The van der Waals surface area contributed by atoms with Crippen LogP contribution >= 0.6 is 17.0 Å². The third-order valence-electron chi connectivity index (χ3n) is 3.02. The summed E-state index contributed by atoms with van der Waals surface area (Å²) in [7, 11) is 0. The van der Waals surface area contributed by atoms with Crippen molar-refractivity contribution >= 4 is 27.8 Å². The molecule has 0 aliphatic carbocycles. The Kier molecular flexibility index (Phi) is 5.83. The first kappa shape index (κ1) is 15.2. The largest absolute Gasteiger partial charge is 0.312 e. The zero-order chi connectivity index (χ0) is 12.3. The molecule has 0 aromatic heterocycles. The molecule has 1 nitrogen and oxygen atoms in total. The zero-order valence-electron chi connectivity index (χ0n) is 11.3. The van der Waals surface area contributed by atoms with Gasteiger partial charge in [-0.2, -0.15) is 0 Å². The molecule has 2 rings (SSSR count). The van der Waals surface area contributed by atoms with Crippen molar-refractivity contribution in [1.82, 2.24) is 5.32 Å². The molecule has 98 valence electrons. The van der Waals surface area contributed by atoms with Crippen molar-refractivity contribution in [1.29, 1.82) is 0 Å². The van der Waals surface area contributed by atoms with E-state index in [0.29, 0.717) is 12.1 Å². The van der Waals surface area contributed by atoms with Gasteiger partial charge in [-0.25, -0.2) is 0 Å². The van der Waals surface area contributed by atoms with Crippen LogP contribution in [0.25, 0.3) is 10.8 Å². The third kappa shape index (κ3) is 3.82. The van der Waals surface area contributed by atoms with E-state index in [1.807, 2.05) is 0 Å². The second-order valence-electron chi connectivity index (χ2n) is 5.06. The molecule has 0 heterocycles. The van der Waals surface area contributed by atoms with Gasteiger partial charge in [0, 0.05) is 12.1 Å². The van der Waals surface area contributed by atoms with Gasteiger partial charge >= 0.3 is 0 Å². The Labute approximate surface area is 120 Å². The highest BCUT2D eigenvalue weighted by Crippen LogP contribution is 2.19. The number of benzene rings is 2. The Morgan fingerprint density at radius 2 is 1.61 bits per heavy atom. The predicted molar refractivity (Wildman–Crippen MR) is 85.7 cm³/mol. The van der Waals surface area contributed by atoms with Crippen molar-refractivity contribution in [3.05, 3.63) is 48.0 Å². The molecule has 0 fully saturated rings. The summed E-state index contributed by atoms with van der Waals surface area (Å²) in [5.74, 6) is 0. The van der Waals surface area contributed by atoms with Gasteiger partial charge in [0.15, 0.2) is 0 Å². The molecule has 0 aliphatic rings. The van der Waals surface area contributed by atoms with E-state index in [4.69, 9.17) is 0 Å². The molecule has 2 aromatic carbocycles. The van der Waals surface area contributed by atoms with Crippen LogP contribution in [-0.4, -0.2) is 12.1 Å². The summed E-state index contributed by atoms with van der Waals surface area (Å²) < 4.78 is 0. The van der Waals surface area contributed by atoms with E-state index in [-0.39, 0.29) is 17.0 Å². The summed E-state index contributed by atoms with van der Waals surface area (Å²) in [5.41, 5.74) is 1.43. The van der Waals surface area contributed by atoms with Gasteiger partial charge in [-0.15, -0.1) is 17.0 Å². The highest BCUT2D eigenvalue weighted by Gasteiger charge is 2.07. The van der Waals surface area contributed by atoms with E-state index >= 15 is 0 Å². The lowest BCUT2D eigenvalue weighted by atomic mass is 9.99. The minimum atomic E-state index is 0. The molecule has 1 atom stereocenters. The number of fused-ring (bicyclic) bond motifs is 1. The molecular weight excluding hydrogens is 286 g/mol. The number of rotatable bonds is 4. The number of nitrogens with one attached hydrogen (secondary N) is 1. The van der Waals surface area contributed by atoms with Crippen LogP contribution in [-0.2, 0) is 6.42 Å². The van der Waals surface area contributed by atoms with E-state index in [1.165, 1.54) is 16.3 Å². The minimum Gasteiger partial charge on any atom is -0.312 e. The summed E-state index contributed by atoms with van der Waals surface area (Å²) in [6, 6.07) is 16.2. The van der Waals surface area contributed by atoms with Crippen LogP contribution in [0.1, 0.15) is 26.3 Å². The second-order valence-corrected chi connectivity index (χ2v) is 5.06. The van der Waals surface area contributed by atoms with E-state index in [9.17, 15) is 0 Å². The molecule has 0 spiro atoms. The minimum absolute atomic E-state index is 0. The van der Waals surface area contributed by atoms with Crippen LogP contribution in [0, 0.1) is 0 Å². The first-order chi connectivity index (χ1) is 8.16. The van der Waals surface area contributed by atoms with Crippen LogP contribution < -0.4 is 5.32 Å². The summed E-state index contributed by atoms with van der Waals surface area (Å²) >= 11 is 0. The van der Waals surface area contributed by atoms with Gasteiger partial charge in [0.25, 0.3) is 0 Å². The standard InChI is InChI=1S/C16H21N.BrH/c1-12(2)17-13(3)11-15-9-6-8-14-7-4-5-10-16(14)15;/h4-10,12-13,17H,11H2,1-3H3;1H. The van der Waals surface area contributed by atoms with Gasteiger partial charge in [-0.3, -0.25) is 0 Å². The summed E-state index contributed by atoms with van der Waals surface area (Å²) in [5, 5.41) is 6.27. The maximum atomic E-state index is 3.56.